The van der Waals surface area contributed by atoms with Gasteiger partial charge in [-0.1, -0.05) is 72.8 Å². The zero-order valence-electron chi connectivity index (χ0n) is 20.9. The lowest BCUT2D eigenvalue weighted by molar-refractivity contribution is -0.137. The van der Waals surface area contributed by atoms with Crippen LogP contribution in [-0.2, 0) is 16.0 Å². The summed E-state index contributed by atoms with van der Waals surface area (Å²) in [7, 11) is 0. The molecule has 2 aliphatic heterocycles. The Morgan fingerprint density at radius 3 is 2.32 bits per heavy atom. The third kappa shape index (κ3) is 7.37. The van der Waals surface area contributed by atoms with E-state index in [1.807, 2.05) is 66.7 Å². The van der Waals surface area contributed by atoms with E-state index in [0.717, 1.165) is 36.2 Å². The van der Waals surface area contributed by atoms with Crippen LogP contribution >= 0.6 is 0 Å². The van der Waals surface area contributed by atoms with Gasteiger partial charge in [0.1, 0.15) is 0 Å². The van der Waals surface area contributed by atoms with E-state index in [0.29, 0.717) is 26.1 Å². The van der Waals surface area contributed by atoms with Gasteiger partial charge >= 0.3 is 0 Å². The molecule has 1 fully saturated rings. The number of benzene rings is 3. The number of halogens is 2. The van der Waals surface area contributed by atoms with Crippen LogP contribution in [0.1, 0.15) is 42.1 Å². The van der Waals surface area contributed by atoms with Gasteiger partial charge in [0.05, 0.1) is 18.6 Å². The first-order chi connectivity index (χ1) is 18.0. The van der Waals surface area contributed by atoms with Gasteiger partial charge in [0, 0.05) is 48.9 Å². The van der Waals surface area contributed by atoms with Crippen molar-refractivity contribution in [2.24, 2.45) is 11.7 Å². The second-order valence-corrected chi connectivity index (χ2v) is 9.49. The van der Waals surface area contributed by atoms with Gasteiger partial charge < -0.3 is 20.7 Å². The fourth-order valence-corrected chi connectivity index (χ4v) is 4.95. The largest absolute Gasteiger partial charge is 0.384 e. The van der Waals surface area contributed by atoms with Crippen molar-refractivity contribution < 1.29 is 18.3 Å². The minimum Gasteiger partial charge on any atom is -0.384 e. The first kappa shape index (κ1) is 26.8. The lowest BCUT2D eigenvalue weighted by atomic mass is 9.83. The summed E-state index contributed by atoms with van der Waals surface area (Å²) in [5.74, 6) is 0.257. The van der Waals surface area contributed by atoms with E-state index in [4.69, 9.17) is 10.5 Å². The molecule has 3 aromatic carbocycles. The minimum atomic E-state index is -2.51. The Morgan fingerprint density at radius 1 is 1.00 bits per heavy atom. The normalized spacial score (nSPS) is 20.1. The van der Waals surface area contributed by atoms with Crippen LogP contribution in [0.2, 0.25) is 0 Å². The van der Waals surface area contributed by atoms with Crippen LogP contribution in [0, 0.1) is 5.92 Å². The number of carbonyl (C=O) groups is 1. The third-order valence-electron chi connectivity index (χ3n) is 6.86. The van der Waals surface area contributed by atoms with Gasteiger partial charge in [-0.2, -0.15) is 0 Å². The molecule has 196 valence electrons. The van der Waals surface area contributed by atoms with Crippen molar-refractivity contribution in [2.75, 3.05) is 31.5 Å². The average Bonchev–Trinajstić information content (AvgIpc) is 2.94. The summed E-state index contributed by atoms with van der Waals surface area (Å²) in [6.45, 7) is 2.07. The molecule has 1 amide bonds. The number of nitrogens with one attached hydrogen (secondary N) is 1. The summed E-state index contributed by atoms with van der Waals surface area (Å²) in [5, 5.41) is 3.34. The fourth-order valence-electron chi connectivity index (χ4n) is 4.95. The summed E-state index contributed by atoms with van der Waals surface area (Å²) in [6, 6.07) is 26.4. The number of amides is 1. The van der Waals surface area contributed by atoms with Crippen LogP contribution in [0.3, 0.4) is 0 Å². The zero-order valence-corrected chi connectivity index (χ0v) is 20.9. The number of anilines is 1. The Bertz CT molecular complexity index is 1090. The van der Waals surface area contributed by atoms with Crippen molar-refractivity contribution in [2.45, 2.75) is 37.9 Å². The zero-order chi connectivity index (χ0) is 26.0. The van der Waals surface area contributed by atoms with Crippen LogP contribution in [-0.4, -0.2) is 43.1 Å². The molecule has 5 rings (SSSR count). The molecule has 2 aliphatic rings. The number of fused-ring (bicyclic) bond motifs is 3. The predicted octanol–water partition coefficient (Wildman–Crippen LogP) is 5.60. The smallest absolute Gasteiger partial charge is 0.263 e. The number of alkyl halides is 2. The maximum absolute atomic E-state index is 13.2. The van der Waals surface area contributed by atoms with E-state index in [1.165, 1.54) is 6.07 Å². The van der Waals surface area contributed by atoms with Crippen LogP contribution in [0.5, 0.6) is 0 Å². The molecule has 0 aromatic heterocycles. The van der Waals surface area contributed by atoms with Gasteiger partial charge in [-0.15, -0.1) is 0 Å². The molecule has 3 unspecified atom stereocenters. The number of hydrogen-bond donors (Lipinski definition) is 2. The topological polar surface area (TPSA) is 67.6 Å². The van der Waals surface area contributed by atoms with E-state index < -0.39 is 6.43 Å². The highest BCUT2D eigenvalue weighted by atomic mass is 19.3. The Labute approximate surface area is 217 Å². The van der Waals surface area contributed by atoms with Gasteiger partial charge in [-0.3, -0.25) is 4.79 Å². The molecule has 3 atom stereocenters. The van der Waals surface area contributed by atoms with Crippen LogP contribution in [0.4, 0.5) is 14.5 Å². The van der Waals surface area contributed by atoms with E-state index in [1.54, 1.807) is 17.0 Å². The first-order valence-electron chi connectivity index (χ1n) is 12.9. The molecule has 0 radical (unpaired) electrons. The summed E-state index contributed by atoms with van der Waals surface area (Å²) < 4.78 is 32.9. The van der Waals surface area contributed by atoms with Crippen LogP contribution < -0.4 is 11.1 Å². The van der Waals surface area contributed by atoms with E-state index in [-0.39, 0.29) is 29.6 Å². The van der Waals surface area contributed by atoms with Gasteiger partial charge in [0.25, 0.3) is 6.43 Å². The van der Waals surface area contributed by atoms with E-state index in [9.17, 15) is 13.6 Å². The third-order valence-corrected chi connectivity index (χ3v) is 6.86. The maximum Gasteiger partial charge on any atom is 0.263 e. The minimum absolute atomic E-state index is 0.00900. The predicted molar refractivity (Wildman–Crippen MR) is 142 cm³/mol. The van der Waals surface area contributed by atoms with Gasteiger partial charge in [0.2, 0.25) is 5.91 Å². The van der Waals surface area contributed by atoms with E-state index >= 15 is 0 Å². The first-order valence-corrected chi connectivity index (χ1v) is 12.9. The standard InChI is InChI=1S/C24H29F2N3O2.C6H6/c25-24(26)17-7-9-21-20(13-17)23-18(14-28-21)6-8-19(31-23)15-29(11-10-27)22(30)12-16-4-2-1-3-5-16;1-2-4-6-5-3-1/h1-5,7,9,13,18-19,23-24,28H,6,8,10-12,14-15,27H2;1-6H. The van der Waals surface area contributed by atoms with Crippen molar-refractivity contribution in [3.63, 3.8) is 0 Å². The molecule has 5 nitrogen and oxygen atoms in total. The molecule has 3 aromatic rings. The number of nitrogens with two attached hydrogens (primary N) is 1. The summed E-state index contributed by atoms with van der Waals surface area (Å²) in [6.07, 6.45) is -0.826. The fraction of sp³-hybridized carbons (Fsp3) is 0.367. The van der Waals surface area contributed by atoms with Crippen LogP contribution in [0.15, 0.2) is 84.9 Å². The maximum atomic E-state index is 13.2. The molecule has 0 aliphatic carbocycles. The lowest BCUT2D eigenvalue weighted by Crippen LogP contribution is -2.45. The van der Waals surface area contributed by atoms with Crippen molar-refractivity contribution in [1.29, 1.82) is 0 Å². The Hall–Kier alpha value is -3.29. The number of ether oxygens (including phenoxy) is 1. The Balaban J connectivity index is 0.000000469. The number of nitrogens with zero attached hydrogens (tertiary/aromatic N) is 1. The lowest BCUT2D eigenvalue weighted by Gasteiger charge is -2.42. The van der Waals surface area contributed by atoms with Gasteiger partial charge in [0.15, 0.2) is 0 Å². The summed E-state index contributed by atoms with van der Waals surface area (Å²) in [5.41, 5.74) is 8.38. The second kappa shape index (κ2) is 13.3. The van der Waals surface area contributed by atoms with E-state index in [2.05, 4.69) is 5.32 Å². The highest BCUT2D eigenvalue weighted by Crippen LogP contribution is 2.43. The van der Waals surface area contributed by atoms with Crippen molar-refractivity contribution in [3.8, 4) is 0 Å². The monoisotopic (exact) mass is 507 g/mol. The molecule has 0 saturated carbocycles. The SMILES string of the molecule is NCCN(CC1CCC2CNc3ccc(C(F)F)cc3C2O1)C(=O)Cc1ccccc1.c1ccccc1. The van der Waals surface area contributed by atoms with Gasteiger partial charge in [-0.25, -0.2) is 8.78 Å². The van der Waals surface area contributed by atoms with Gasteiger partial charge in [-0.05, 0) is 30.5 Å². The Kier molecular flexibility index (Phi) is 9.63. The molecule has 2 heterocycles. The molecule has 0 spiro atoms. The molecular weight excluding hydrogens is 472 g/mol. The summed E-state index contributed by atoms with van der Waals surface area (Å²) in [4.78, 5) is 14.7. The Morgan fingerprint density at radius 2 is 1.68 bits per heavy atom. The molecule has 3 N–H and O–H groups in total. The number of carbonyl (C=O) groups excluding carboxylic acids is 1. The van der Waals surface area contributed by atoms with Crippen LogP contribution in [0.25, 0.3) is 0 Å². The number of hydrogen-bond acceptors (Lipinski definition) is 4. The average molecular weight is 508 g/mol. The quantitative estimate of drug-likeness (QED) is 0.437. The van der Waals surface area contributed by atoms with Crippen molar-refractivity contribution in [3.05, 3.63) is 102 Å². The molecule has 1 saturated heterocycles. The molecule has 7 heteroatoms. The molecule has 37 heavy (non-hydrogen) atoms. The molecular formula is C30H35F2N3O2. The van der Waals surface area contributed by atoms with Crippen molar-refractivity contribution in [1.82, 2.24) is 4.90 Å². The second-order valence-electron chi connectivity index (χ2n) is 9.49. The highest BCUT2D eigenvalue weighted by Gasteiger charge is 2.37. The molecule has 0 bridgehead atoms. The highest BCUT2D eigenvalue weighted by molar-refractivity contribution is 5.78. The number of rotatable bonds is 7. The summed E-state index contributed by atoms with van der Waals surface area (Å²) >= 11 is 0. The van der Waals surface area contributed by atoms with Crippen molar-refractivity contribution >= 4 is 11.6 Å².